The van der Waals surface area contributed by atoms with Crippen LogP contribution in [0, 0.1) is 0 Å². The predicted molar refractivity (Wildman–Crippen MR) is 281 cm³/mol. The Kier molecular flexibility index (Phi) is 11.2. The van der Waals surface area contributed by atoms with Gasteiger partial charge in [0.2, 0.25) is 0 Å². The summed E-state index contributed by atoms with van der Waals surface area (Å²) in [5.41, 5.74) is 3.34. The van der Waals surface area contributed by atoms with Crippen molar-refractivity contribution in [3.63, 3.8) is 0 Å². The van der Waals surface area contributed by atoms with Gasteiger partial charge in [-0.15, -0.1) is 10.9 Å². The standard InChI is InChI=1S/C45H14B15N3O/c46-26-19(27(47)29(49)21(28(26)48)22-32(52)33(53)23-24-34(54)38(58)39(59)40(60)42(24)64-41(23)37(22)57)20-30(50)35(55)25(36(56)31(20)51)45-62-43(17-9-5-2-6-10-17)61-44(63-45)18-13-11-16(12-14-18)15-7-3-1-4-8-15/h1-14H. The van der Waals surface area contributed by atoms with Crippen LogP contribution in [0.25, 0.3) is 89.5 Å². The molecule has 2 aromatic heterocycles. The van der Waals surface area contributed by atoms with Crippen molar-refractivity contribution in [1.82, 2.24) is 15.0 Å². The lowest BCUT2D eigenvalue weighted by Gasteiger charge is -2.30. The first-order valence-electron chi connectivity index (χ1n) is 19.5. The van der Waals surface area contributed by atoms with Gasteiger partial charge in [0.25, 0.3) is 0 Å². The molecule has 2 heterocycles. The molecular formula is C45H14B15N3O. The van der Waals surface area contributed by atoms with E-state index in [9.17, 15) is 0 Å². The lowest BCUT2D eigenvalue weighted by molar-refractivity contribution is 0.675. The van der Waals surface area contributed by atoms with Gasteiger partial charge in [0, 0.05) is 27.5 Å². The van der Waals surface area contributed by atoms with E-state index in [0.717, 1.165) is 11.1 Å². The van der Waals surface area contributed by atoms with E-state index in [1.165, 1.54) is 0 Å². The Hall–Kier alpha value is -5.68. The van der Waals surface area contributed by atoms with Crippen LogP contribution in [0.3, 0.4) is 0 Å². The molecule has 64 heavy (non-hydrogen) atoms. The SMILES string of the molecule is [B]c1c([B])c(-c2c([B])c([B])c(-c3c([B])c([B])c4c(oc5c([B])c([B])c([B])c([B])c54)c3[B])c([B])c2[B])c([B])c([B])c1-c1nc(-c2ccccc2)nc(-c2ccc(-c3ccccc3)cc2)n1. The molecule has 0 amide bonds. The molecular weight excluding hydrogens is 761 g/mol. The molecule has 30 radical (unpaired) electrons. The molecule has 0 N–H and O–H groups in total. The molecule has 0 fully saturated rings. The Bertz CT molecular complexity index is 3380. The molecule has 0 saturated heterocycles. The smallest absolute Gasteiger partial charge is 0.164 e. The fraction of sp³-hybridized carbons (Fsp3) is 0. The van der Waals surface area contributed by atoms with Crippen LogP contribution in [-0.4, -0.2) is 133 Å². The van der Waals surface area contributed by atoms with E-state index in [1.54, 1.807) is 0 Å². The summed E-state index contributed by atoms with van der Waals surface area (Å²) in [4.78, 5) is 14.5. The maximum absolute atomic E-state index is 6.87. The number of hydrogen-bond donors (Lipinski definition) is 0. The van der Waals surface area contributed by atoms with Crippen molar-refractivity contribution in [3.05, 3.63) is 84.9 Å². The van der Waals surface area contributed by atoms with Crippen LogP contribution in [0.1, 0.15) is 0 Å². The van der Waals surface area contributed by atoms with Crippen molar-refractivity contribution in [2.45, 2.75) is 0 Å². The van der Waals surface area contributed by atoms with E-state index >= 15 is 0 Å². The van der Waals surface area contributed by atoms with E-state index in [0.29, 0.717) is 22.8 Å². The Morgan fingerprint density at radius 2 is 0.547 bits per heavy atom. The van der Waals surface area contributed by atoms with Crippen molar-refractivity contribution in [1.29, 1.82) is 0 Å². The fourth-order valence-electron chi connectivity index (χ4n) is 8.15. The summed E-state index contributed by atoms with van der Waals surface area (Å²) in [6.07, 6.45) is 0. The lowest BCUT2D eigenvalue weighted by Crippen LogP contribution is -2.51. The van der Waals surface area contributed by atoms with Gasteiger partial charge in [-0.25, -0.2) is 15.0 Å². The Balaban J connectivity index is 1.21. The maximum Gasteiger partial charge on any atom is 0.164 e. The summed E-state index contributed by atoms with van der Waals surface area (Å²) in [6, 6.07) is 27.1. The highest BCUT2D eigenvalue weighted by Crippen LogP contribution is 2.28. The molecule has 0 unspecified atom stereocenters. The topological polar surface area (TPSA) is 51.8 Å². The summed E-state index contributed by atoms with van der Waals surface area (Å²) >= 11 is 0. The largest absolute Gasteiger partial charge is 0.457 e. The van der Waals surface area contributed by atoms with Crippen LogP contribution in [0.15, 0.2) is 89.3 Å². The molecule has 0 spiro atoms. The number of rotatable bonds is 6. The maximum atomic E-state index is 6.87. The quantitative estimate of drug-likeness (QED) is 0.158. The lowest BCUT2D eigenvalue weighted by atomic mass is 9.56. The Labute approximate surface area is 391 Å². The number of nitrogens with zero attached hydrogens (tertiary/aromatic N) is 3. The molecule has 4 nitrogen and oxygen atoms in total. The molecule has 260 valence electrons. The molecule has 0 atom stereocenters. The number of fused-ring (bicyclic) bond motifs is 3. The first kappa shape index (κ1) is 43.6. The minimum absolute atomic E-state index is 0.000949. The summed E-state index contributed by atoms with van der Waals surface area (Å²) in [5.74, 6) is 0.788. The van der Waals surface area contributed by atoms with Crippen LogP contribution in [-0.2, 0) is 0 Å². The molecule has 0 aliphatic heterocycles. The minimum atomic E-state index is -0.115. The van der Waals surface area contributed by atoms with Gasteiger partial charge >= 0.3 is 0 Å². The number of benzene rings is 7. The molecule has 19 heteroatoms. The fourth-order valence-corrected chi connectivity index (χ4v) is 8.15. The van der Waals surface area contributed by atoms with Crippen LogP contribution in [0.4, 0.5) is 0 Å². The molecule has 0 aliphatic rings. The van der Waals surface area contributed by atoms with E-state index in [-0.39, 0.29) is 138 Å². The van der Waals surface area contributed by atoms with Gasteiger partial charge in [-0.2, -0.15) is 0 Å². The molecule has 9 rings (SSSR count). The third kappa shape index (κ3) is 6.71. The van der Waals surface area contributed by atoms with Crippen LogP contribution >= 0.6 is 0 Å². The normalized spacial score (nSPS) is 11.4. The summed E-state index contributed by atoms with van der Waals surface area (Å²) in [5, 5.41) is 0.511. The average Bonchev–Trinajstić information content (AvgIpc) is 3.72. The molecule has 0 aliphatic carbocycles. The van der Waals surface area contributed by atoms with Gasteiger partial charge in [0.15, 0.2) is 17.5 Å². The van der Waals surface area contributed by atoms with Crippen molar-refractivity contribution in [2.75, 3.05) is 0 Å². The average molecular weight is 775 g/mol. The number of hydrogen-bond acceptors (Lipinski definition) is 4. The van der Waals surface area contributed by atoms with Crippen LogP contribution in [0.2, 0.25) is 0 Å². The van der Waals surface area contributed by atoms with Crippen LogP contribution in [0.5, 0.6) is 0 Å². The number of aromatic nitrogens is 3. The second-order valence-electron chi connectivity index (χ2n) is 15.2. The van der Waals surface area contributed by atoms with Gasteiger partial charge in [-0.1, -0.05) is 150 Å². The first-order chi connectivity index (χ1) is 30.5. The zero-order chi connectivity index (χ0) is 45.6. The zero-order valence-corrected chi connectivity index (χ0v) is 34.0. The van der Waals surface area contributed by atoms with Crippen molar-refractivity contribution in [3.8, 4) is 67.5 Å². The van der Waals surface area contributed by atoms with E-state index in [1.807, 2.05) is 84.9 Å². The molecule has 0 bridgehead atoms. The Morgan fingerprint density at radius 1 is 0.250 bits per heavy atom. The Morgan fingerprint density at radius 3 is 1.02 bits per heavy atom. The third-order valence-corrected chi connectivity index (χ3v) is 11.6. The summed E-state index contributed by atoms with van der Waals surface area (Å²) < 4.78 is 6.13. The first-order valence-corrected chi connectivity index (χ1v) is 19.5. The van der Waals surface area contributed by atoms with E-state index < -0.39 is 0 Å². The summed E-state index contributed by atoms with van der Waals surface area (Å²) in [7, 11) is 99.8. The van der Waals surface area contributed by atoms with Gasteiger partial charge in [-0.05, 0) is 38.8 Å². The van der Waals surface area contributed by atoms with Gasteiger partial charge in [-0.3, -0.25) is 0 Å². The van der Waals surface area contributed by atoms with Crippen molar-refractivity contribution < 1.29 is 4.42 Å². The van der Waals surface area contributed by atoms with Gasteiger partial charge in [0.05, 0.1) is 0 Å². The van der Waals surface area contributed by atoms with Gasteiger partial charge in [0.1, 0.15) is 129 Å². The van der Waals surface area contributed by atoms with Gasteiger partial charge < -0.3 is 4.42 Å². The highest BCUT2D eigenvalue weighted by Gasteiger charge is 2.27. The van der Waals surface area contributed by atoms with Crippen molar-refractivity contribution >= 4 is 222 Å². The zero-order valence-electron chi connectivity index (χ0n) is 34.0. The van der Waals surface area contributed by atoms with Crippen molar-refractivity contribution in [2.24, 2.45) is 0 Å². The number of furan rings is 1. The second-order valence-corrected chi connectivity index (χ2v) is 15.2. The molecule has 0 saturated carbocycles. The molecule has 7 aromatic carbocycles. The highest BCUT2D eigenvalue weighted by atomic mass is 16.3. The second kappa shape index (κ2) is 16.4. The van der Waals surface area contributed by atoms with E-state index in [4.69, 9.17) is 137 Å². The molecule has 9 aromatic rings. The minimum Gasteiger partial charge on any atom is -0.457 e. The monoisotopic (exact) mass is 777 g/mol. The highest BCUT2D eigenvalue weighted by molar-refractivity contribution is 6.71. The van der Waals surface area contributed by atoms with Crippen LogP contribution < -0.4 is 81.9 Å². The third-order valence-electron chi connectivity index (χ3n) is 11.6. The predicted octanol–water partition coefficient (Wildman–Crippen LogP) is -6.32. The summed E-state index contributed by atoms with van der Waals surface area (Å²) in [6.45, 7) is 0. The van der Waals surface area contributed by atoms with E-state index in [2.05, 4.69) is 0 Å².